The van der Waals surface area contributed by atoms with Gasteiger partial charge >= 0.3 is 0 Å². The van der Waals surface area contributed by atoms with Gasteiger partial charge in [-0.3, -0.25) is 0 Å². The van der Waals surface area contributed by atoms with Gasteiger partial charge in [-0.1, -0.05) is 0 Å². The summed E-state index contributed by atoms with van der Waals surface area (Å²) in [4.78, 5) is 27.4. The second-order valence-electron chi connectivity index (χ2n) is 13.8. The Kier molecular flexibility index (Phi) is 11.6. The maximum absolute atomic E-state index is 14.9. The number of benzene rings is 4. The normalized spacial score (nSPS) is 12.3. The first-order valence-corrected chi connectivity index (χ1v) is 18.4. The lowest BCUT2D eigenvalue weighted by atomic mass is 10.2. The summed E-state index contributed by atoms with van der Waals surface area (Å²) >= 11 is 0. The summed E-state index contributed by atoms with van der Waals surface area (Å²) in [5.74, 6) is -69.3. The molecule has 72 heavy (non-hydrogen) atoms. The summed E-state index contributed by atoms with van der Waals surface area (Å²) in [5, 5.41) is 0. The average Bonchev–Trinajstić information content (AvgIpc) is 4.14. The highest BCUT2D eigenvalue weighted by Crippen LogP contribution is 2.39. The van der Waals surface area contributed by atoms with E-state index in [4.69, 9.17) is 18.9 Å². The van der Waals surface area contributed by atoms with E-state index in [1.54, 1.807) is 0 Å². The molecule has 0 unspecified atom stereocenters. The third-order valence-corrected chi connectivity index (χ3v) is 9.33. The van der Waals surface area contributed by atoms with Gasteiger partial charge in [-0.05, 0) is 0 Å². The van der Waals surface area contributed by atoms with Crippen molar-refractivity contribution in [1.82, 2.24) is 39.9 Å². The van der Waals surface area contributed by atoms with Crippen molar-refractivity contribution >= 4 is 46.3 Å². The van der Waals surface area contributed by atoms with Crippen molar-refractivity contribution in [2.24, 2.45) is 0 Å². The second-order valence-corrected chi connectivity index (χ2v) is 13.8. The zero-order valence-electron chi connectivity index (χ0n) is 33.2. The number of hydrogen-bond acceptors (Lipinski definition) is 10. The van der Waals surface area contributed by atoms with Gasteiger partial charge in [0.25, 0.3) is 0 Å². The summed E-state index contributed by atoms with van der Waals surface area (Å²) in [5.41, 5.74) is -3.79. The number of ether oxygens (including phenoxy) is 4. The Hall–Kier alpha value is -9.00. The predicted molar refractivity (Wildman–Crippen MR) is 194 cm³/mol. The quantitative estimate of drug-likeness (QED) is 0.0857. The number of aromatic nitrogens is 8. The maximum Gasteiger partial charge on any atom is 0.207 e. The first-order chi connectivity index (χ1) is 33.9. The largest absolute Gasteiger partial charge is 0.447 e. The molecule has 0 amide bonds. The fraction of sp³-hybridized carbons (Fsp3) is 0. The van der Waals surface area contributed by atoms with Gasteiger partial charge < -0.3 is 28.9 Å². The molecule has 8 bridgehead atoms. The molecule has 0 fully saturated rings. The molecule has 0 aliphatic carbocycles. The van der Waals surface area contributed by atoms with Gasteiger partial charge in [0.15, 0.2) is 57.6 Å². The molecule has 0 radical (unpaired) electrons. The number of nitrogens with zero attached hydrogens (tertiary/aromatic N) is 6. The van der Waals surface area contributed by atoms with Crippen LogP contribution in [-0.4, -0.2) is 39.9 Å². The lowest BCUT2D eigenvalue weighted by molar-refractivity contribution is 0.333. The lowest BCUT2D eigenvalue weighted by Crippen LogP contribution is -2.07. The number of hydrogen-bond donors (Lipinski definition) is 2. The minimum atomic E-state index is -2.67. The summed E-state index contributed by atoms with van der Waals surface area (Å²) in [6.07, 6.45) is 0.910. The molecule has 370 valence electrons. The molecule has 2 aliphatic heterocycles. The van der Waals surface area contributed by atoms with Crippen LogP contribution in [-0.2, 0) is 0 Å². The number of nitrogens with one attached hydrogen (secondary N) is 2. The molecule has 5 heterocycles. The Balaban J connectivity index is 1.34. The average molecular weight is 1040 g/mol. The lowest BCUT2D eigenvalue weighted by Gasteiger charge is -2.10. The predicted octanol–water partition coefficient (Wildman–Crippen LogP) is 11.4. The number of H-pyrrole nitrogens is 2. The molecular weight excluding hydrogens is 1040 g/mol. The van der Waals surface area contributed by atoms with Crippen molar-refractivity contribution in [3.05, 3.63) is 152 Å². The van der Waals surface area contributed by atoms with E-state index < -0.39 is 208 Å². The standard InChI is InChI=1S/C40H6F20N8O4/c41-13-17(45)25(53)33(26(54)18(13)46)69-5-1-9-61-10-2-6(70-34-27(55)19(47)14(42)20(48)28(34)56)39(64-10)68-40-8(72-36-31(59)23(51)16(44)24(52)32(36)60)4-12(66-40)62-11-3-7(38(65-11)67-37(5)63-9)71-35-29(57)21(49)15(43)22(50)30(35)58/h1-4H,(H2,61,62,63,64,65,66,67,68). The van der Waals surface area contributed by atoms with Crippen LogP contribution >= 0.6 is 0 Å². The minimum Gasteiger partial charge on any atom is -0.447 e. The van der Waals surface area contributed by atoms with E-state index in [1.807, 2.05) is 0 Å². The Morgan fingerprint density at radius 1 is 0.278 bits per heavy atom. The number of fused-ring (bicyclic) bond motifs is 8. The molecule has 0 atom stereocenters. The fourth-order valence-corrected chi connectivity index (χ4v) is 6.04. The molecule has 4 aromatic carbocycles. The molecule has 2 N–H and O–H groups in total. The van der Waals surface area contributed by atoms with Crippen LogP contribution in [0.15, 0.2) is 12.1 Å². The highest BCUT2D eigenvalue weighted by molar-refractivity contribution is 5.80. The number of halogens is 20. The van der Waals surface area contributed by atoms with Gasteiger partial charge in [-0.25, -0.2) is 82.6 Å². The first-order valence-electron chi connectivity index (χ1n) is 18.4. The van der Waals surface area contributed by atoms with Crippen LogP contribution in [0.4, 0.5) is 87.8 Å². The van der Waals surface area contributed by atoms with E-state index in [0.29, 0.717) is 24.3 Å². The highest BCUT2D eigenvalue weighted by atomic mass is 19.2. The van der Waals surface area contributed by atoms with Crippen LogP contribution in [0.1, 0.15) is 23.3 Å². The zero-order valence-corrected chi connectivity index (χ0v) is 33.2. The molecule has 0 saturated heterocycles. The van der Waals surface area contributed by atoms with Crippen LogP contribution in [0.3, 0.4) is 0 Å². The van der Waals surface area contributed by atoms with E-state index >= 15 is 0 Å². The third-order valence-electron chi connectivity index (χ3n) is 9.33. The Bertz CT molecular complexity index is 3450. The zero-order chi connectivity index (χ0) is 52.1. The van der Waals surface area contributed by atoms with Gasteiger partial charge in [0.2, 0.25) is 139 Å². The number of rotatable bonds is 8. The van der Waals surface area contributed by atoms with Gasteiger partial charge in [-0.15, -0.1) is 0 Å². The van der Waals surface area contributed by atoms with Crippen molar-refractivity contribution < 1.29 is 107 Å². The van der Waals surface area contributed by atoms with E-state index in [2.05, 4.69) is 39.9 Å². The van der Waals surface area contributed by atoms with Gasteiger partial charge in [0.1, 0.15) is 11.3 Å². The summed E-state index contributed by atoms with van der Waals surface area (Å²) < 4.78 is 309. The van der Waals surface area contributed by atoms with Crippen LogP contribution in [0.2, 0.25) is 0 Å². The highest BCUT2D eigenvalue weighted by Gasteiger charge is 2.34. The van der Waals surface area contributed by atoms with Crippen LogP contribution in [0, 0.1) is 116 Å². The summed E-state index contributed by atoms with van der Waals surface area (Å²) in [6, 6.07) is 0.966. The van der Waals surface area contributed by atoms with E-state index in [9.17, 15) is 87.8 Å². The molecule has 2 aliphatic rings. The van der Waals surface area contributed by atoms with Crippen molar-refractivity contribution in [3.8, 4) is 34.5 Å². The Morgan fingerprint density at radius 3 is 0.778 bits per heavy atom. The molecule has 7 aromatic rings. The molecule has 32 heteroatoms. The Morgan fingerprint density at radius 2 is 0.514 bits per heavy atom. The van der Waals surface area contributed by atoms with Crippen LogP contribution in [0.5, 0.6) is 34.5 Å². The van der Waals surface area contributed by atoms with E-state index in [-0.39, 0.29) is 0 Å². The van der Waals surface area contributed by atoms with E-state index in [0.717, 1.165) is 0 Å². The smallest absolute Gasteiger partial charge is 0.207 e. The maximum atomic E-state index is 14.9. The monoisotopic (exact) mass is 1040 g/mol. The minimum absolute atomic E-state index is 0.455. The molecular formula is C40H6F20N8O4. The molecule has 0 saturated carbocycles. The van der Waals surface area contributed by atoms with Crippen molar-refractivity contribution in [1.29, 1.82) is 0 Å². The fourth-order valence-electron chi connectivity index (χ4n) is 6.04. The van der Waals surface area contributed by atoms with E-state index in [1.165, 1.54) is 0 Å². The molecule has 0 spiro atoms. The SMILES string of the molecule is Fc1c(F)c(F)c(OC2=Cc3nc2nc2[nH]c(cc2Oc2c(F)c(F)c(F)c(F)c2F)nc2nc(nc4[nH]c(cc4Oc4c(F)c(F)c(F)c(F)c4F)n3)C(Oc3c(F)c(F)c(F)c(F)c3F)=C2)c(F)c1F. The third kappa shape index (κ3) is 7.87. The van der Waals surface area contributed by atoms with Gasteiger partial charge in [-0.2, -0.15) is 35.1 Å². The number of aromatic amines is 2. The van der Waals surface area contributed by atoms with Gasteiger partial charge in [0.05, 0.1) is 0 Å². The summed E-state index contributed by atoms with van der Waals surface area (Å²) in [6.45, 7) is 0. The summed E-state index contributed by atoms with van der Waals surface area (Å²) in [7, 11) is 0. The van der Waals surface area contributed by atoms with Crippen molar-refractivity contribution in [2.45, 2.75) is 0 Å². The molecule has 12 nitrogen and oxygen atoms in total. The van der Waals surface area contributed by atoms with Crippen LogP contribution < -0.4 is 18.9 Å². The van der Waals surface area contributed by atoms with Crippen LogP contribution in [0.25, 0.3) is 46.3 Å². The molecule has 9 rings (SSSR count). The van der Waals surface area contributed by atoms with Crippen molar-refractivity contribution in [3.63, 3.8) is 0 Å². The second kappa shape index (κ2) is 17.4. The molecule has 3 aromatic heterocycles. The van der Waals surface area contributed by atoms with Gasteiger partial charge in [0, 0.05) is 24.3 Å². The topological polar surface area (TPSA) is 146 Å². The van der Waals surface area contributed by atoms with Crippen molar-refractivity contribution in [2.75, 3.05) is 0 Å². The first kappa shape index (κ1) is 48.0. The Labute approximate surface area is 379 Å².